The van der Waals surface area contributed by atoms with Crippen molar-refractivity contribution in [3.8, 4) is 0 Å². The third kappa shape index (κ3) is 7.60. The van der Waals surface area contributed by atoms with Crippen molar-refractivity contribution in [3.63, 3.8) is 0 Å². The molecule has 0 saturated carbocycles. The van der Waals surface area contributed by atoms with Gasteiger partial charge in [0.25, 0.3) is 5.56 Å². The Hall–Kier alpha value is -2.82. The molecule has 0 spiro atoms. The van der Waals surface area contributed by atoms with E-state index in [1.165, 1.54) is 16.6 Å². The predicted octanol–water partition coefficient (Wildman–Crippen LogP) is -0.146. The number of hydrogen-bond donors (Lipinski definition) is 4. The van der Waals surface area contributed by atoms with Crippen LogP contribution in [-0.2, 0) is 16.1 Å². The molecule has 1 rings (SSSR count). The smallest absolute Gasteiger partial charge is 0.330 e. The Kier molecular flexibility index (Phi) is 9.93. The van der Waals surface area contributed by atoms with E-state index in [0.717, 1.165) is 6.42 Å². The fourth-order valence-electron chi connectivity index (χ4n) is 2.75. The molecule has 1 aromatic rings. The summed E-state index contributed by atoms with van der Waals surface area (Å²) in [5.41, 5.74) is 4.93. The summed E-state index contributed by atoms with van der Waals surface area (Å²) in [7, 11) is 1.50. The van der Waals surface area contributed by atoms with E-state index in [-0.39, 0.29) is 30.5 Å². The maximum absolute atomic E-state index is 12.5. The summed E-state index contributed by atoms with van der Waals surface area (Å²) in [5, 5.41) is 4.68. The van der Waals surface area contributed by atoms with Gasteiger partial charge in [-0.3, -0.25) is 24.5 Å². The van der Waals surface area contributed by atoms with Gasteiger partial charge >= 0.3 is 11.7 Å². The number of aromatic amines is 1. The van der Waals surface area contributed by atoms with Crippen LogP contribution in [0.2, 0.25) is 0 Å². The van der Waals surface area contributed by atoms with Gasteiger partial charge in [-0.05, 0) is 12.3 Å². The van der Waals surface area contributed by atoms with Crippen molar-refractivity contribution in [2.75, 3.05) is 44.0 Å². The van der Waals surface area contributed by atoms with Gasteiger partial charge in [0.05, 0.1) is 13.2 Å². The van der Waals surface area contributed by atoms with E-state index in [9.17, 15) is 19.2 Å². The molecular weight excluding hydrogens is 380 g/mol. The fraction of sp³-hybridized carbons (Fsp3) is 0.667. The lowest BCUT2D eigenvalue weighted by Gasteiger charge is -2.27. The molecule has 5 N–H and O–H groups in total. The molecule has 0 aromatic carbocycles. The van der Waals surface area contributed by atoms with E-state index < -0.39 is 23.2 Å². The number of anilines is 2. The highest BCUT2D eigenvalue weighted by Crippen LogP contribution is 2.18. The molecule has 3 amide bonds. The number of imide groups is 1. The van der Waals surface area contributed by atoms with Crippen LogP contribution in [0.1, 0.15) is 33.6 Å². The van der Waals surface area contributed by atoms with E-state index in [4.69, 9.17) is 10.5 Å². The maximum atomic E-state index is 12.5. The van der Waals surface area contributed by atoms with Gasteiger partial charge in [0.1, 0.15) is 11.5 Å². The maximum Gasteiger partial charge on any atom is 0.330 e. The predicted molar refractivity (Wildman–Crippen MR) is 111 cm³/mol. The van der Waals surface area contributed by atoms with Crippen molar-refractivity contribution in [2.45, 2.75) is 40.2 Å². The first-order valence-electron chi connectivity index (χ1n) is 9.65. The minimum absolute atomic E-state index is 0.00481. The number of aromatic nitrogens is 2. The Morgan fingerprint density at radius 2 is 2.00 bits per heavy atom. The molecule has 0 radical (unpaired) electrons. The number of hydrogen-bond acceptors (Lipinski definition) is 7. The molecule has 11 heteroatoms. The van der Waals surface area contributed by atoms with Crippen LogP contribution in [0.5, 0.6) is 0 Å². The molecule has 0 fully saturated rings. The summed E-state index contributed by atoms with van der Waals surface area (Å²) < 4.78 is 6.12. The van der Waals surface area contributed by atoms with E-state index in [1.54, 1.807) is 0 Å². The number of rotatable bonds is 11. The van der Waals surface area contributed by atoms with Crippen LogP contribution in [0.25, 0.3) is 0 Å². The van der Waals surface area contributed by atoms with Crippen molar-refractivity contribution in [2.24, 2.45) is 5.92 Å². The lowest BCUT2D eigenvalue weighted by atomic mass is 10.2. The van der Waals surface area contributed by atoms with E-state index in [2.05, 4.69) is 15.6 Å². The lowest BCUT2D eigenvalue weighted by molar-refractivity contribution is -0.118. The van der Waals surface area contributed by atoms with Crippen LogP contribution in [-0.4, -0.2) is 54.8 Å². The molecule has 0 aliphatic carbocycles. The van der Waals surface area contributed by atoms with E-state index in [1.807, 2.05) is 20.8 Å². The minimum atomic E-state index is -0.668. The Balaban J connectivity index is 3.09. The number of nitrogen functional groups attached to an aromatic ring is 1. The largest absolute Gasteiger partial charge is 0.383 e. The van der Waals surface area contributed by atoms with Crippen LogP contribution in [0.15, 0.2) is 9.59 Å². The SMILES string of the molecule is CCCCn1c(N)c(N(CC(=O)NC(=O)NCCOC)CC(C)C)c(=O)[nH]c1=O. The number of urea groups is 1. The zero-order valence-corrected chi connectivity index (χ0v) is 17.5. The molecule has 1 aromatic heterocycles. The second kappa shape index (κ2) is 11.9. The molecule has 164 valence electrons. The first-order valence-corrected chi connectivity index (χ1v) is 9.65. The number of amides is 3. The molecule has 0 aliphatic rings. The highest BCUT2D eigenvalue weighted by molar-refractivity contribution is 5.96. The standard InChI is InChI=1S/C18H32N6O5/c1-5-6-8-24-15(19)14(16(26)22-18(24)28)23(10-12(2)3)11-13(25)21-17(27)20-7-9-29-4/h12H,5-11,19H2,1-4H3,(H,22,26,28)(H2,20,21,25,27). The normalized spacial score (nSPS) is 10.8. The van der Waals surface area contributed by atoms with Gasteiger partial charge < -0.3 is 20.7 Å². The Labute approximate surface area is 169 Å². The van der Waals surface area contributed by atoms with Gasteiger partial charge in [0, 0.05) is 26.7 Å². The van der Waals surface area contributed by atoms with Crippen LogP contribution in [0.4, 0.5) is 16.3 Å². The average Bonchev–Trinajstić information content (AvgIpc) is 2.60. The lowest BCUT2D eigenvalue weighted by Crippen LogP contribution is -2.48. The van der Waals surface area contributed by atoms with Crippen molar-refractivity contribution in [1.82, 2.24) is 20.2 Å². The second-order valence-electron chi connectivity index (χ2n) is 7.07. The van der Waals surface area contributed by atoms with Crippen LogP contribution < -0.4 is 32.5 Å². The molecule has 0 unspecified atom stereocenters. The van der Waals surface area contributed by atoms with Gasteiger partial charge in [0.2, 0.25) is 5.91 Å². The number of ether oxygens (including phenoxy) is 1. The number of H-pyrrole nitrogens is 1. The quantitative estimate of drug-likeness (QED) is 0.369. The third-order valence-electron chi connectivity index (χ3n) is 4.03. The first kappa shape index (κ1) is 24.2. The first-order chi connectivity index (χ1) is 13.7. The van der Waals surface area contributed by atoms with Gasteiger partial charge in [-0.1, -0.05) is 27.2 Å². The van der Waals surface area contributed by atoms with Crippen molar-refractivity contribution >= 4 is 23.4 Å². The zero-order valence-electron chi connectivity index (χ0n) is 17.5. The molecule has 0 aliphatic heterocycles. The summed E-state index contributed by atoms with van der Waals surface area (Å²) in [6.07, 6.45) is 1.55. The number of carbonyl (C=O) groups excluding carboxylic acids is 2. The van der Waals surface area contributed by atoms with Gasteiger partial charge in [-0.25, -0.2) is 9.59 Å². The molecule has 0 saturated heterocycles. The number of nitrogens with one attached hydrogen (secondary N) is 3. The van der Waals surface area contributed by atoms with Gasteiger partial charge in [-0.15, -0.1) is 0 Å². The summed E-state index contributed by atoms with van der Waals surface area (Å²) in [6, 6.07) is -0.661. The number of unbranched alkanes of at least 4 members (excludes halogenated alkanes) is 1. The molecule has 29 heavy (non-hydrogen) atoms. The highest BCUT2D eigenvalue weighted by atomic mass is 16.5. The van der Waals surface area contributed by atoms with Crippen molar-refractivity contribution in [1.29, 1.82) is 0 Å². The summed E-state index contributed by atoms with van der Waals surface area (Å²) >= 11 is 0. The number of carbonyl (C=O) groups is 2. The summed E-state index contributed by atoms with van der Waals surface area (Å²) in [6.45, 7) is 6.79. The Bertz CT molecular complexity index is 801. The van der Waals surface area contributed by atoms with Crippen LogP contribution in [0, 0.1) is 5.92 Å². The fourth-order valence-corrected chi connectivity index (χ4v) is 2.75. The van der Waals surface area contributed by atoms with Gasteiger partial charge in [0.15, 0.2) is 0 Å². The molecule has 11 nitrogen and oxygen atoms in total. The van der Waals surface area contributed by atoms with Crippen LogP contribution in [0.3, 0.4) is 0 Å². The molecule has 0 atom stereocenters. The number of methoxy groups -OCH3 is 1. The summed E-state index contributed by atoms with van der Waals surface area (Å²) in [5.74, 6) is -0.510. The molecular formula is C18H32N6O5. The zero-order chi connectivity index (χ0) is 22.0. The van der Waals surface area contributed by atoms with Crippen molar-refractivity contribution in [3.05, 3.63) is 20.8 Å². The van der Waals surface area contributed by atoms with Crippen molar-refractivity contribution < 1.29 is 14.3 Å². The topological polar surface area (TPSA) is 152 Å². The number of nitrogens with zero attached hydrogens (tertiary/aromatic N) is 2. The average molecular weight is 412 g/mol. The van der Waals surface area contributed by atoms with E-state index >= 15 is 0 Å². The highest BCUT2D eigenvalue weighted by Gasteiger charge is 2.22. The molecule has 1 heterocycles. The van der Waals surface area contributed by atoms with E-state index in [0.29, 0.717) is 26.1 Å². The Morgan fingerprint density at radius 3 is 2.59 bits per heavy atom. The minimum Gasteiger partial charge on any atom is -0.383 e. The Morgan fingerprint density at radius 1 is 1.31 bits per heavy atom. The third-order valence-corrected chi connectivity index (χ3v) is 4.03. The second-order valence-corrected chi connectivity index (χ2v) is 7.07. The number of nitrogens with two attached hydrogens (primary N) is 1. The van der Waals surface area contributed by atoms with Gasteiger partial charge in [-0.2, -0.15) is 0 Å². The molecule has 0 bridgehead atoms. The van der Waals surface area contributed by atoms with Crippen LogP contribution >= 0.6 is 0 Å². The summed E-state index contributed by atoms with van der Waals surface area (Å²) in [4.78, 5) is 52.4. The monoisotopic (exact) mass is 412 g/mol.